The van der Waals surface area contributed by atoms with Gasteiger partial charge in [-0.1, -0.05) is 18.2 Å². The van der Waals surface area contributed by atoms with E-state index in [1.807, 2.05) is 19.1 Å². The van der Waals surface area contributed by atoms with Gasteiger partial charge in [0.2, 0.25) is 0 Å². The summed E-state index contributed by atoms with van der Waals surface area (Å²) in [6.45, 7) is 3.01. The molecule has 0 unspecified atom stereocenters. The molecule has 82 valence electrons. The second-order valence-corrected chi connectivity index (χ2v) is 4.35. The minimum Gasteiger partial charge on any atom is -0.481 e. The second-order valence-electron chi connectivity index (χ2n) is 4.35. The maximum atomic E-state index is 10.9. The molecule has 16 heavy (non-hydrogen) atoms. The topological polar surface area (TPSA) is 42.2 Å². The quantitative estimate of drug-likeness (QED) is 0.833. The number of hydrogen-bond acceptors (Lipinski definition) is 1. The first kappa shape index (κ1) is 9.46. The van der Waals surface area contributed by atoms with E-state index < -0.39 is 5.97 Å². The van der Waals surface area contributed by atoms with Gasteiger partial charge < -0.3 is 9.67 Å². The number of para-hydroxylation sites is 1. The molecule has 2 heterocycles. The Balaban J connectivity index is 2.34. The third kappa shape index (κ3) is 1.11. The molecule has 1 aliphatic heterocycles. The summed E-state index contributed by atoms with van der Waals surface area (Å²) in [6.07, 6.45) is 1.19. The van der Waals surface area contributed by atoms with Crippen LogP contribution in [0.25, 0.3) is 10.9 Å². The zero-order valence-corrected chi connectivity index (χ0v) is 9.16. The van der Waals surface area contributed by atoms with Gasteiger partial charge in [0.15, 0.2) is 0 Å². The lowest BCUT2D eigenvalue weighted by molar-refractivity contribution is -0.136. The molecule has 0 fully saturated rings. The molecule has 0 amide bonds. The highest BCUT2D eigenvalue weighted by Gasteiger charge is 2.21. The number of carboxylic acids is 1. The van der Waals surface area contributed by atoms with Gasteiger partial charge in [-0.2, -0.15) is 0 Å². The first-order valence-electron chi connectivity index (χ1n) is 5.50. The molecule has 0 aliphatic carbocycles. The molecule has 0 saturated carbocycles. The van der Waals surface area contributed by atoms with E-state index in [0.717, 1.165) is 29.6 Å². The molecule has 1 aliphatic rings. The average molecular weight is 215 g/mol. The molecule has 2 aromatic rings. The molecule has 0 atom stereocenters. The van der Waals surface area contributed by atoms with Crippen molar-refractivity contribution in [3.05, 3.63) is 35.0 Å². The van der Waals surface area contributed by atoms with E-state index in [-0.39, 0.29) is 6.42 Å². The third-order valence-corrected chi connectivity index (χ3v) is 3.49. The molecule has 1 aromatic heterocycles. The van der Waals surface area contributed by atoms with E-state index in [0.29, 0.717) is 0 Å². The Labute approximate surface area is 93.3 Å². The van der Waals surface area contributed by atoms with Crippen LogP contribution < -0.4 is 0 Å². The standard InChI is InChI=1S/C13H13NO2/c1-8-11(7-12(15)16)10-4-2-3-9-5-6-14(8)13(9)10/h2-4H,5-7H2,1H3,(H,15,16). The van der Waals surface area contributed by atoms with Crippen molar-refractivity contribution in [2.45, 2.75) is 26.3 Å². The van der Waals surface area contributed by atoms with Crippen molar-refractivity contribution in [3.63, 3.8) is 0 Å². The summed E-state index contributed by atoms with van der Waals surface area (Å²) in [5.74, 6) is -0.756. The molecule has 3 heteroatoms. The van der Waals surface area contributed by atoms with Crippen molar-refractivity contribution < 1.29 is 9.90 Å². The Morgan fingerprint density at radius 2 is 2.31 bits per heavy atom. The number of hydrogen-bond donors (Lipinski definition) is 1. The van der Waals surface area contributed by atoms with Gasteiger partial charge in [-0.25, -0.2) is 0 Å². The van der Waals surface area contributed by atoms with Gasteiger partial charge in [0.05, 0.1) is 11.9 Å². The van der Waals surface area contributed by atoms with Gasteiger partial charge in [-0.3, -0.25) is 4.79 Å². The number of nitrogens with zero attached hydrogens (tertiary/aromatic N) is 1. The minimum absolute atomic E-state index is 0.124. The minimum atomic E-state index is -0.756. The van der Waals surface area contributed by atoms with Gasteiger partial charge in [-0.05, 0) is 24.5 Å². The highest BCUT2D eigenvalue weighted by Crippen LogP contribution is 2.33. The van der Waals surface area contributed by atoms with E-state index in [1.54, 1.807) is 0 Å². The highest BCUT2D eigenvalue weighted by atomic mass is 16.4. The molecule has 0 saturated heterocycles. The summed E-state index contributed by atoms with van der Waals surface area (Å²) in [5.41, 5.74) is 4.68. The van der Waals surface area contributed by atoms with Gasteiger partial charge in [0.1, 0.15) is 0 Å². The van der Waals surface area contributed by atoms with Crippen LogP contribution in [0, 0.1) is 6.92 Å². The maximum Gasteiger partial charge on any atom is 0.307 e. The first-order valence-corrected chi connectivity index (χ1v) is 5.50. The van der Waals surface area contributed by atoms with Crippen LogP contribution in [0.1, 0.15) is 16.8 Å². The summed E-state index contributed by atoms with van der Waals surface area (Å²) >= 11 is 0. The molecule has 0 bridgehead atoms. The van der Waals surface area contributed by atoms with Gasteiger partial charge in [0, 0.05) is 17.6 Å². The second kappa shape index (κ2) is 3.11. The predicted molar refractivity (Wildman–Crippen MR) is 61.7 cm³/mol. The molecular formula is C13H13NO2. The SMILES string of the molecule is Cc1c(CC(=O)O)c2cccc3c2n1CC3. The summed E-state index contributed by atoms with van der Waals surface area (Å²) in [7, 11) is 0. The van der Waals surface area contributed by atoms with Crippen LogP contribution in [0.2, 0.25) is 0 Å². The zero-order valence-electron chi connectivity index (χ0n) is 9.16. The summed E-state index contributed by atoms with van der Waals surface area (Å²) in [5, 5.41) is 10.1. The smallest absolute Gasteiger partial charge is 0.307 e. The summed E-state index contributed by atoms with van der Waals surface area (Å²) < 4.78 is 2.25. The maximum absolute atomic E-state index is 10.9. The van der Waals surface area contributed by atoms with Crippen molar-refractivity contribution in [1.82, 2.24) is 4.57 Å². The zero-order chi connectivity index (χ0) is 11.3. The van der Waals surface area contributed by atoms with E-state index in [2.05, 4.69) is 10.6 Å². The average Bonchev–Trinajstić information content (AvgIpc) is 2.77. The number of carbonyl (C=O) groups is 1. The Morgan fingerprint density at radius 3 is 3.06 bits per heavy atom. The number of rotatable bonds is 2. The normalized spacial score (nSPS) is 13.6. The lowest BCUT2D eigenvalue weighted by Gasteiger charge is -2.02. The fourth-order valence-electron chi connectivity index (χ4n) is 2.77. The largest absolute Gasteiger partial charge is 0.481 e. The van der Waals surface area contributed by atoms with Crippen molar-refractivity contribution in [1.29, 1.82) is 0 Å². The fraction of sp³-hybridized carbons (Fsp3) is 0.308. The van der Waals surface area contributed by atoms with E-state index in [4.69, 9.17) is 5.11 Å². The lowest BCUT2D eigenvalue weighted by atomic mass is 10.0. The molecule has 0 radical (unpaired) electrons. The monoisotopic (exact) mass is 215 g/mol. The highest BCUT2D eigenvalue weighted by molar-refractivity contribution is 5.92. The van der Waals surface area contributed by atoms with Crippen LogP contribution >= 0.6 is 0 Å². The molecule has 3 nitrogen and oxygen atoms in total. The predicted octanol–water partition coefficient (Wildman–Crippen LogP) is 2.13. The van der Waals surface area contributed by atoms with Gasteiger partial charge in [0.25, 0.3) is 0 Å². The molecule has 0 spiro atoms. The number of aromatic nitrogens is 1. The molecular weight excluding hydrogens is 202 g/mol. The summed E-state index contributed by atoms with van der Waals surface area (Å²) in [4.78, 5) is 10.9. The fourth-order valence-corrected chi connectivity index (χ4v) is 2.77. The van der Waals surface area contributed by atoms with Crippen LogP contribution in [-0.4, -0.2) is 15.6 Å². The Morgan fingerprint density at radius 1 is 1.50 bits per heavy atom. The van der Waals surface area contributed by atoms with E-state index >= 15 is 0 Å². The number of carboxylic acid groups (broad SMARTS) is 1. The van der Waals surface area contributed by atoms with E-state index in [9.17, 15) is 4.79 Å². The van der Waals surface area contributed by atoms with Crippen molar-refractivity contribution >= 4 is 16.9 Å². The molecule has 1 aromatic carbocycles. The van der Waals surface area contributed by atoms with Crippen molar-refractivity contribution in [2.75, 3.05) is 0 Å². The van der Waals surface area contributed by atoms with Crippen molar-refractivity contribution in [3.8, 4) is 0 Å². The number of aliphatic carboxylic acids is 1. The molecule has 1 N–H and O–H groups in total. The summed E-state index contributed by atoms with van der Waals surface area (Å²) in [6, 6.07) is 6.19. The Kier molecular flexibility index (Phi) is 1.84. The number of benzene rings is 1. The Bertz CT molecular complexity index is 595. The first-order chi connectivity index (χ1) is 7.68. The van der Waals surface area contributed by atoms with Crippen LogP contribution in [0.4, 0.5) is 0 Å². The lowest BCUT2D eigenvalue weighted by Crippen LogP contribution is -2.03. The third-order valence-electron chi connectivity index (χ3n) is 3.49. The van der Waals surface area contributed by atoms with Crippen LogP contribution in [0.15, 0.2) is 18.2 Å². The van der Waals surface area contributed by atoms with Gasteiger partial charge in [-0.15, -0.1) is 0 Å². The Hall–Kier alpha value is -1.77. The van der Waals surface area contributed by atoms with Gasteiger partial charge >= 0.3 is 5.97 Å². The molecule has 3 rings (SSSR count). The van der Waals surface area contributed by atoms with Crippen LogP contribution in [0.3, 0.4) is 0 Å². The van der Waals surface area contributed by atoms with Crippen LogP contribution in [0.5, 0.6) is 0 Å². The van der Waals surface area contributed by atoms with Crippen molar-refractivity contribution in [2.24, 2.45) is 0 Å². The van der Waals surface area contributed by atoms with E-state index in [1.165, 1.54) is 11.1 Å². The van der Waals surface area contributed by atoms with Crippen LogP contribution in [-0.2, 0) is 24.2 Å². The number of aryl methyl sites for hydroxylation is 2.